The molecule has 0 bridgehead atoms. The molecule has 20 heavy (non-hydrogen) atoms. The van der Waals surface area contributed by atoms with Gasteiger partial charge >= 0.3 is 0 Å². The molecule has 1 heterocycles. The van der Waals surface area contributed by atoms with E-state index in [9.17, 15) is 4.39 Å². The van der Waals surface area contributed by atoms with Crippen molar-refractivity contribution in [3.63, 3.8) is 0 Å². The smallest absolute Gasteiger partial charge is 0.169 e. The summed E-state index contributed by atoms with van der Waals surface area (Å²) < 4.78 is 14.8. The van der Waals surface area contributed by atoms with Crippen LogP contribution in [0, 0.1) is 12.7 Å². The summed E-state index contributed by atoms with van der Waals surface area (Å²) in [4.78, 5) is 6.05. The Balaban J connectivity index is 2.38. The molecular formula is C15H17BrFN3. The molecule has 0 radical (unpaired) electrons. The summed E-state index contributed by atoms with van der Waals surface area (Å²) >= 11 is 3.22. The summed E-state index contributed by atoms with van der Waals surface area (Å²) in [6, 6.07) is 9.36. The monoisotopic (exact) mass is 337 g/mol. The van der Waals surface area contributed by atoms with Crippen molar-refractivity contribution in [2.45, 2.75) is 13.3 Å². The van der Waals surface area contributed by atoms with Gasteiger partial charge in [0.2, 0.25) is 0 Å². The topological polar surface area (TPSA) is 42.1 Å². The van der Waals surface area contributed by atoms with Crippen LogP contribution in [0.1, 0.15) is 12.0 Å². The molecule has 0 aliphatic carbocycles. The predicted molar refractivity (Wildman–Crippen MR) is 83.8 cm³/mol. The molecule has 1 aromatic carbocycles. The van der Waals surface area contributed by atoms with Gasteiger partial charge in [-0.1, -0.05) is 17.7 Å². The largest absolute Gasteiger partial charge is 0.330 e. The summed E-state index contributed by atoms with van der Waals surface area (Å²) in [6.07, 6.45) is 2.37. The van der Waals surface area contributed by atoms with Crippen molar-refractivity contribution in [2.75, 3.05) is 18.0 Å². The van der Waals surface area contributed by atoms with Crippen LogP contribution in [0.4, 0.5) is 15.9 Å². The van der Waals surface area contributed by atoms with Crippen LogP contribution in [0.15, 0.2) is 41.0 Å². The maximum Gasteiger partial charge on any atom is 0.169 e. The first-order chi connectivity index (χ1) is 9.61. The molecule has 106 valence electrons. The molecule has 2 aromatic rings. The van der Waals surface area contributed by atoms with Crippen LogP contribution < -0.4 is 10.6 Å². The van der Waals surface area contributed by atoms with Crippen molar-refractivity contribution in [3.05, 3.63) is 52.4 Å². The Morgan fingerprint density at radius 1 is 1.30 bits per heavy atom. The highest BCUT2D eigenvalue weighted by atomic mass is 79.9. The Kier molecular flexibility index (Phi) is 5.09. The number of benzene rings is 1. The van der Waals surface area contributed by atoms with Crippen LogP contribution in [0.2, 0.25) is 0 Å². The van der Waals surface area contributed by atoms with Gasteiger partial charge in [0.1, 0.15) is 0 Å². The lowest BCUT2D eigenvalue weighted by Crippen LogP contribution is -2.23. The Bertz CT molecular complexity index is 572. The van der Waals surface area contributed by atoms with Crippen LogP contribution in [-0.4, -0.2) is 18.1 Å². The number of nitrogens with two attached hydrogens (primary N) is 1. The number of aromatic nitrogens is 1. The molecule has 0 atom stereocenters. The summed E-state index contributed by atoms with van der Waals surface area (Å²) in [6.45, 7) is 3.21. The molecule has 5 heteroatoms. The SMILES string of the molecule is Cc1ccc(N(CCCN)c2ncc(Br)cc2F)cc1. The zero-order chi connectivity index (χ0) is 14.5. The van der Waals surface area contributed by atoms with Gasteiger partial charge in [-0.25, -0.2) is 9.37 Å². The lowest BCUT2D eigenvalue weighted by Gasteiger charge is -2.24. The second kappa shape index (κ2) is 6.81. The Hall–Kier alpha value is -1.46. The zero-order valence-electron chi connectivity index (χ0n) is 11.3. The lowest BCUT2D eigenvalue weighted by atomic mass is 10.2. The highest BCUT2D eigenvalue weighted by molar-refractivity contribution is 9.10. The number of hydrogen-bond donors (Lipinski definition) is 1. The molecule has 1 aromatic heterocycles. The molecule has 0 saturated carbocycles. The van der Waals surface area contributed by atoms with E-state index in [0.29, 0.717) is 23.4 Å². The Morgan fingerprint density at radius 3 is 2.60 bits per heavy atom. The molecule has 2 N–H and O–H groups in total. The minimum absolute atomic E-state index is 0.325. The van der Waals surface area contributed by atoms with Gasteiger partial charge in [0.15, 0.2) is 11.6 Å². The van der Waals surface area contributed by atoms with Crippen molar-refractivity contribution in [2.24, 2.45) is 5.73 Å². The van der Waals surface area contributed by atoms with Gasteiger partial charge < -0.3 is 10.6 Å². The van der Waals surface area contributed by atoms with Gasteiger partial charge in [-0.05, 0) is 54.0 Å². The van der Waals surface area contributed by atoms with Crippen LogP contribution in [0.5, 0.6) is 0 Å². The van der Waals surface area contributed by atoms with Crippen LogP contribution in [-0.2, 0) is 0 Å². The highest BCUT2D eigenvalue weighted by Crippen LogP contribution is 2.27. The predicted octanol–water partition coefficient (Wildman–Crippen LogP) is 3.78. The van der Waals surface area contributed by atoms with E-state index in [-0.39, 0.29) is 5.82 Å². The average molecular weight is 338 g/mol. The van der Waals surface area contributed by atoms with E-state index in [4.69, 9.17) is 5.73 Å². The molecule has 0 saturated heterocycles. The van der Waals surface area contributed by atoms with E-state index in [0.717, 1.165) is 17.7 Å². The summed E-state index contributed by atoms with van der Waals surface area (Å²) in [5, 5.41) is 0. The van der Waals surface area contributed by atoms with E-state index >= 15 is 0 Å². The molecule has 0 fully saturated rings. The fraction of sp³-hybridized carbons (Fsp3) is 0.267. The van der Waals surface area contributed by atoms with Crippen LogP contribution in [0.25, 0.3) is 0 Å². The van der Waals surface area contributed by atoms with Gasteiger partial charge in [-0.2, -0.15) is 0 Å². The maximum atomic E-state index is 14.1. The molecule has 0 amide bonds. The standard InChI is InChI=1S/C15H17BrFN3/c1-11-3-5-13(6-4-11)20(8-2-7-18)15-14(17)9-12(16)10-19-15/h3-6,9-10H,2,7-8,18H2,1H3. The number of nitrogens with zero attached hydrogens (tertiary/aromatic N) is 2. The van der Waals surface area contributed by atoms with E-state index in [2.05, 4.69) is 20.9 Å². The number of anilines is 2. The number of pyridine rings is 1. The third-order valence-corrected chi connectivity index (χ3v) is 3.41. The first kappa shape index (κ1) is 14.9. The van der Waals surface area contributed by atoms with E-state index in [1.807, 2.05) is 36.1 Å². The second-order valence-electron chi connectivity index (χ2n) is 4.59. The van der Waals surface area contributed by atoms with Gasteiger partial charge in [-0.15, -0.1) is 0 Å². The molecule has 0 spiro atoms. The maximum absolute atomic E-state index is 14.1. The van der Waals surface area contributed by atoms with Gasteiger partial charge in [0.05, 0.1) is 0 Å². The van der Waals surface area contributed by atoms with Crippen LogP contribution >= 0.6 is 15.9 Å². The van der Waals surface area contributed by atoms with Crippen molar-refractivity contribution >= 4 is 27.4 Å². The van der Waals surface area contributed by atoms with E-state index in [1.54, 1.807) is 6.20 Å². The first-order valence-corrected chi connectivity index (χ1v) is 7.26. The molecule has 0 aliphatic heterocycles. The first-order valence-electron chi connectivity index (χ1n) is 6.47. The Morgan fingerprint density at radius 2 is 2.00 bits per heavy atom. The number of aryl methyl sites for hydroxylation is 1. The average Bonchev–Trinajstić information content (AvgIpc) is 2.42. The zero-order valence-corrected chi connectivity index (χ0v) is 12.9. The Labute approximate surface area is 126 Å². The minimum Gasteiger partial charge on any atom is -0.330 e. The fourth-order valence-electron chi connectivity index (χ4n) is 1.94. The normalized spacial score (nSPS) is 10.6. The van der Waals surface area contributed by atoms with Crippen molar-refractivity contribution in [1.29, 1.82) is 0 Å². The van der Waals surface area contributed by atoms with E-state index < -0.39 is 0 Å². The quantitative estimate of drug-likeness (QED) is 0.902. The fourth-order valence-corrected chi connectivity index (χ4v) is 2.24. The van der Waals surface area contributed by atoms with Crippen molar-refractivity contribution in [1.82, 2.24) is 4.98 Å². The minimum atomic E-state index is -0.350. The van der Waals surface area contributed by atoms with Crippen LogP contribution in [0.3, 0.4) is 0 Å². The van der Waals surface area contributed by atoms with Gasteiger partial charge in [-0.3, -0.25) is 0 Å². The number of hydrogen-bond acceptors (Lipinski definition) is 3. The van der Waals surface area contributed by atoms with Crippen molar-refractivity contribution < 1.29 is 4.39 Å². The molecule has 2 rings (SSSR count). The third kappa shape index (κ3) is 3.55. The third-order valence-electron chi connectivity index (χ3n) is 2.98. The number of rotatable bonds is 5. The highest BCUT2D eigenvalue weighted by Gasteiger charge is 2.15. The molecule has 0 aliphatic rings. The summed E-state index contributed by atoms with van der Waals surface area (Å²) in [5.74, 6) is -0.0255. The number of halogens is 2. The summed E-state index contributed by atoms with van der Waals surface area (Å²) in [7, 11) is 0. The van der Waals surface area contributed by atoms with Gasteiger partial charge in [0, 0.05) is 22.9 Å². The van der Waals surface area contributed by atoms with Gasteiger partial charge in [0.25, 0.3) is 0 Å². The van der Waals surface area contributed by atoms with E-state index in [1.165, 1.54) is 6.07 Å². The molecule has 0 unspecified atom stereocenters. The second-order valence-corrected chi connectivity index (χ2v) is 5.50. The molecular weight excluding hydrogens is 321 g/mol. The molecule has 3 nitrogen and oxygen atoms in total. The van der Waals surface area contributed by atoms with Crippen molar-refractivity contribution in [3.8, 4) is 0 Å². The summed E-state index contributed by atoms with van der Waals surface area (Å²) in [5.41, 5.74) is 7.65. The lowest BCUT2D eigenvalue weighted by molar-refractivity contribution is 0.615.